The summed E-state index contributed by atoms with van der Waals surface area (Å²) in [5, 5.41) is 3.25. The predicted octanol–water partition coefficient (Wildman–Crippen LogP) is 2.38. The van der Waals surface area contributed by atoms with Crippen LogP contribution in [-0.2, 0) is 6.42 Å². The molecule has 2 nitrogen and oxygen atoms in total. The molecule has 0 aliphatic rings. The van der Waals surface area contributed by atoms with Crippen molar-refractivity contribution in [2.45, 2.75) is 25.3 Å². The Morgan fingerprint density at radius 2 is 2.54 bits per heavy atom. The molecule has 0 aromatic carbocycles. The van der Waals surface area contributed by atoms with Gasteiger partial charge in [0.2, 0.25) is 0 Å². The summed E-state index contributed by atoms with van der Waals surface area (Å²) >= 11 is 0. The summed E-state index contributed by atoms with van der Waals surface area (Å²) in [7, 11) is 1.98. The van der Waals surface area contributed by atoms with Gasteiger partial charge in [0.05, 0.1) is 6.26 Å². The second kappa shape index (κ2) is 5.60. The zero-order chi connectivity index (χ0) is 9.52. The monoisotopic (exact) mass is 179 g/mol. The van der Waals surface area contributed by atoms with Crippen molar-refractivity contribution < 1.29 is 4.42 Å². The molecule has 0 radical (unpaired) electrons. The molecule has 0 spiro atoms. The van der Waals surface area contributed by atoms with Gasteiger partial charge in [0, 0.05) is 12.5 Å². The summed E-state index contributed by atoms with van der Waals surface area (Å²) in [5.41, 5.74) is 0. The van der Waals surface area contributed by atoms with E-state index in [9.17, 15) is 0 Å². The van der Waals surface area contributed by atoms with Crippen LogP contribution >= 0.6 is 0 Å². The standard InChI is InChI=1S/C11H17NO/c1-3-5-10(12-2)7-8-11-6-4-9-13-11/h3-4,6,9-10,12H,1,5,7-8H2,2H3. The summed E-state index contributed by atoms with van der Waals surface area (Å²) in [5.74, 6) is 1.06. The van der Waals surface area contributed by atoms with E-state index in [1.807, 2.05) is 25.3 Å². The molecule has 1 atom stereocenters. The molecule has 1 heterocycles. The van der Waals surface area contributed by atoms with Gasteiger partial charge >= 0.3 is 0 Å². The highest BCUT2D eigenvalue weighted by Gasteiger charge is 2.04. The first-order chi connectivity index (χ1) is 6.36. The van der Waals surface area contributed by atoms with E-state index in [0.717, 1.165) is 25.0 Å². The van der Waals surface area contributed by atoms with Crippen LogP contribution in [0, 0.1) is 0 Å². The Balaban J connectivity index is 2.27. The second-order valence-electron chi connectivity index (χ2n) is 3.13. The number of furan rings is 1. The minimum atomic E-state index is 0.516. The van der Waals surface area contributed by atoms with Crippen LogP contribution in [0.4, 0.5) is 0 Å². The van der Waals surface area contributed by atoms with Gasteiger partial charge in [-0.15, -0.1) is 6.58 Å². The van der Waals surface area contributed by atoms with Gasteiger partial charge in [-0.3, -0.25) is 0 Å². The van der Waals surface area contributed by atoms with Crippen LogP contribution in [0.1, 0.15) is 18.6 Å². The van der Waals surface area contributed by atoms with Gasteiger partial charge in [0.25, 0.3) is 0 Å². The van der Waals surface area contributed by atoms with Crippen molar-refractivity contribution in [1.82, 2.24) is 5.32 Å². The lowest BCUT2D eigenvalue weighted by molar-refractivity contribution is 0.463. The van der Waals surface area contributed by atoms with Crippen molar-refractivity contribution in [3.63, 3.8) is 0 Å². The van der Waals surface area contributed by atoms with Crippen molar-refractivity contribution >= 4 is 0 Å². The van der Waals surface area contributed by atoms with Crippen LogP contribution in [-0.4, -0.2) is 13.1 Å². The molecule has 1 aromatic rings. The normalized spacial score (nSPS) is 12.7. The molecule has 0 aliphatic heterocycles. The average molecular weight is 179 g/mol. The van der Waals surface area contributed by atoms with E-state index in [1.165, 1.54) is 0 Å². The average Bonchev–Trinajstić information content (AvgIpc) is 2.64. The second-order valence-corrected chi connectivity index (χ2v) is 3.13. The van der Waals surface area contributed by atoms with Crippen molar-refractivity contribution in [3.8, 4) is 0 Å². The highest BCUT2D eigenvalue weighted by molar-refractivity contribution is 4.98. The first-order valence-corrected chi connectivity index (χ1v) is 4.67. The van der Waals surface area contributed by atoms with Crippen molar-refractivity contribution in [1.29, 1.82) is 0 Å². The minimum absolute atomic E-state index is 0.516. The Morgan fingerprint density at radius 1 is 1.69 bits per heavy atom. The van der Waals surface area contributed by atoms with Gasteiger partial charge < -0.3 is 9.73 Å². The minimum Gasteiger partial charge on any atom is -0.469 e. The molecule has 0 aliphatic carbocycles. The highest BCUT2D eigenvalue weighted by Crippen LogP contribution is 2.07. The first-order valence-electron chi connectivity index (χ1n) is 4.67. The summed E-state index contributed by atoms with van der Waals surface area (Å²) in [6.45, 7) is 3.73. The Morgan fingerprint density at radius 3 is 3.08 bits per heavy atom. The van der Waals surface area contributed by atoms with E-state index in [-0.39, 0.29) is 0 Å². The molecule has 0 saturated heterocycles. The highest BCUT2D eigenvalue weighted by atomic mass is 16.3. The SMILES string of the molecule is C=CCC(CCc1ccco1)NC. The van der Waals surface area contributed by atoms with Crippen LogP contribution < -0.4 is 5.32 Å². The van der Waals surface area contributed by atoms with Crippen LogP contribution in [0.25, 0.3) is 0 Å². The third-order valence-electron chi connectivity index (χ3n) is 2.18. The van der Waals surface area contributed by atoms with Crippen molar-refractivity contribution in [3.05, 3.63) is 36.8 Å². The fourth-order valence-corrected chi connectivity index (χ4v) is 1.35. The van der Waals surface area contributed by atoms with Crippen LogP contribution in [0.2, 0.25) is 0 Å². The molecule has 1 N–H and O–H groups in total. The number of nitrogens with one attached hydrogen (secondary N) is 1. The molecule has 0 bridgehead atoms. The fraction of sp³-hybridized carbons (Fsp3) is 0.455. The molecular formula is C11H17NO. The largest absolute Gasteiger partial charge is 0.469 e. The number of aryl methyl sites for hydroxylation is 1. The lowest BCUT2D eigenvalue weighted by Crippen LogP contribution is -2.24. The number of hydrogen-bond acceptors (Lipinski definition) is 2. The summed E-state index contributed by atoms with van der Waals surface area (Å²) in [6.07, 6.45) is 6.76. The summed E-state index contributed by atoms with van der Waals surface area (Å²) < 4.78 is 5.25. The first kappa shape index (κ1) is 10.1. The summed E-state index contributed by atoms with van der Waals surface area (Å²) in [4.78, 5) is 0. The Bertz CT molecular complexity index is 228. The molecule has 1 unspecified atom stereocenters. The van der Waals surface area contributed by atoms with Gasteiger partial charge in [-0.05, 0) is 32.0 Å². The molecule has 1 rings (SSSR count). The van der Waals surface area contributed by atoms with E-state index in [4.69, 9.17) is 4.42 Å². The fourth-order valence-electron chi connectivity index (χ4n) is 1.35. The van der Waals surface area contributed by atoms with Crippen molar-refractivity contribution in [2.24, 2.45) is 0 Å². The molecular weight excluding hydrogens is 162 g/mol. The predicted molar refractivity (Wildman–Crippen MR) is 54.7 cm³/mol. The van der Waals surface area contributed by atoms with E-state index >= 15 is 0 Å². The van der Waals surface area contributed by atoms with Crippen LogP contribution in [0.5, 0.6) is 0 Å². The lowest BCUT2D eigenvalue weighted by Gasteiger charge is -2.12. The van der Waals surface area contributed by atoms with Gasteiger partial charge in [0.1, 0.15) is 5.76 Å². The number of hydrogen-bond donors (Lipinski definition) is 1. The quantitative estimate of drug-likeness (QED) is 0.678. The van der Waals surface area contributed by atoms with E-state index in [0.29, 0.717) is 6.04 Å². The maximum absolute atomic E-state index is 5.25. The Hall–Kier alpha value is -1.02. The molecule has 72 valence electrons. The molecule has 2 heteroatoms. The van der Waals surface area contributed by atoms with Crippen LogP contribution in [0.3, 0.4) is 0 Å². The summed E-state index contributed by atoms with van der Waals surface area (Å²) in [6, 6.07) is 4.46. The zero-order valence-corrected chi connectivity index (χ0v) is 8.12. The third-order valence-corrected chi connectivity index (χ3v) is 2.18. The number of rotatable bonds is 6. The molecule has 13 heavy (non-hydrogen) atoms. The molecule has 0 saturated carbocycles. The Kier molecular flexibility index (Phi) is 4.33. The van der Waals surface area contributed by atoms with Gasteiger partial charge in [0.15, 0.2) is 0 Å². The maximum Gasteiger partial charge on any atom is 0.103 e. The zero-order valence-electron chi connectivity index (χ0n) is 8.12. The molecule has 0 amide bonds. The Labute approximate surface area is 79.6 Å². The third kappa shape index (κ3) is 3.47. The van der Waals surface area contributed by atoms with E-state index in [1.54, 1.807) is 6.26 Å². The van der Waals surface area contributed by atoms with Crippen molar-refractivity contribution in [2.75, 3.05) is 7.05 Å². The van der Waals surface area contributed by atoms with Gasteiger partial charge in [-0.2, -0.15) is 0 Å². The van der Waals surface area contributed by atoms with E-state index in [2.05, 4.69) is 11.9 Å². The van der Waals surface area contributed by atoms with Gasteiger partial charge in [-0.25, -0.2) is 0 Å². The molecule has 1 aromatic heterocycles. The smallest absolute Gasteiger partial charge is 0.103 e. The lowest BCUT2D eigenvalue weighted by atomic mass is 10.1. The topological polar surface area (TPSA) is 25.2 Å². The van der Waals surface area contributed by atoms with Crippen LogP contribution in [0.15, 0.2) is 35.5 Å². The maximum atomic E-state index is 5.25. The van der Waals surface area contributed by atoms with Gasteiger partial charge in [-0.1, -0.05) is 6.08 Å². The molecule has 0 fully saturated rings. The van der Waals surface area contributed by atoms with E-state index < -0.39 is 0 Å².